The first kappa shape index (κ1) is 2.72. The van der Waals surface area contributed by atoms with E-state index < -0.39 is 41.7 Å². The van der Waals surface area contributed by atoms with Crippen LogP contribution < -0.4 is 11.3 Å². The molecule has 1 aromatic carbocycles. The zero-order valence-electron chi connectivity index (χ0n) is 9.99. The standard InChI is InChI=1S/C7H8N2O/c8-9-7(10)6-4-2-1-3-5-6/h1-5H,8H2,(H,9,10)/i1D,2D,3D,4D,5D. The van der Waals surface area contributed by atoms with E-state index in [4.69, 9.17) is 12.7 Å². The van der Waals surface area contributed by atoms with Crippen molar-refractivity contribution in [2.24, 2.45) is 5.84 Å². The van der Waals surface area contributed by atoms with Crippen molar-refractivity contribution >= 4 is 5.91 Å². The van der Waals surface area contributed by atoms with Crippen LogP contribution in [0.1, 0.15) is 17.2 Å². The minimum atomic E-state index is -0.910. The van der Waals surface area contributed by atoms with Gasteiger partial charge in [-0.2, -0.15) is 0 Å². The fraction of sp³-hybridized carbons (Fsp3) is 0. The van der Waals surface area contributed by atoms with Crippen molar-refractivity contribution in [3.63, 3.8) is 0 Å². The second-order valence-corrected chi connectivity index (χ2v) is 1.47. The summed E-state index contributed by atoms with van der Waals surface area (Å²) in [4.78, 5) is 11.2. The molecule has 0 aliphatic rings. The third-order valence-corrected chi connectivity index (χ3v) is 0.858. The van der Waals surface area contributed by atoms with Crippen molar-refractivity contribution in [1.82, 2.24) is 5.43 Å². The van der Waals surface area contributed by atoms with E-state index in [0.717, 1.165) is 0 Å². The zero-order chi connectivity index (χ0) is 11.7. The molecule has 0 aliphatic heterocycles. The first-order chi connectivity index (χ1) is 6.91. The molecule has 1 amide bonds. The Morgan fingerprint density at radius 2 is 2.10 bits per heavy atom. The molecular weight excluding hydrogens is 128 g/mol. The molecule has 0 aliphatic carbocycles. The van der Waals surface area contributed by atoms with Crippen molar-refractivity contribution in [3.05, 3.63) is 35.8 Å². The number of rotatable bonds is 1. The van der Waals surface area contributed by atoms with Gasteiger partial charge < -0.3 is 0 Å². The molecule has 3 nitrogen and oxygen atoms in total. The number of carbonyl (C=O) groups excluding carboxylic acids is 1. The van der Waals surface area contributed by atoms with Gasteiger partial charge in [0.25, 0.3) is 5.91 Å². The number of amides is 1. The molecule has 3 N–H and O–H groups in total. The smallest absolute Gasteiger partial charge is 0.265 e. The van der Waals surface area contributed by atoms with Crippen molar-refractivity contribution < 1.29 is 11.6 Å². The molecule has 10 heavy (non-hydrogen) atoms. The Morgan fingerprint density at radius 1 is 1.50 bits per heavy atom. The maximum absolute atomic E-state index is 11.2. The molecule has 1 aromatic rings. The number of hydrogen-bond donors (Lipinski definition) is 2. The molecule has 0 radical (unpaired) electrons. The lowest BCUT2D eigenvalue weighted by molar-refractivity contribution is 0.0953. The van der Waals surface area contributed by atoms with E-state index in [1.165, 1.54) is 0 Å². The monoisotopic (exact) mass is 141 g/mol. The van der Waals surface area contributed by atoms with Crippen LogP contribution in [0.2, 0.25) is 0 Å². The molecule has 52 valence electrons. The molecule has 3 heteroatoms. The number of benzene rings is 1. The largest absolute Gasteiger partial charge is 0.290 e. The van der Waals surface area contributed by atoms with Gasteiger partial charge in [0, 0.05) is 5.56 Å². The summed E-state index contributed by atoms with van der Waals surface area (Å²) < 4.78 is 36.6. The Bertz CT molecular complexity index is 405. The van der Waals surface area contributed by atoms with E-state index in [2.05, 4.69) is 0 Å². The molecular formula is C7H8N2O. The lowest BCUT2D eigenvalue weighted by Crippen LogP contribution is -2.29. The van der Waals surface area contributed by atoms with Crippen LogP contribution in [0.3, 0.4) is 0 Å². The molecule has 0 aromatic heterocycles. The maximum atomic E-state index is 11.2. The Morgan fingerprint density at radius 3 is 2.60 bits per heavy atom. The summed E-state index contributed by atoms with van der Waals surface area (Å²) in [6, 6.07) is -2.80. The summed E-state index contributed by atoms with van der Waals surface area (Å²) in [7, 11) is 0. The van der Waals surface area contributed by atoms with Gasteiger partial charge in [0.1, 0.15) is 0 Å². The predicted molar refractivity (Wildman–Crippen MR) is 38.1 cm³/mol. The minimum absolute atomic E-state index is 0.455. The average Bonchev–Trinajstić information content (AvgIpc) is 2.23. The van der Waals surface area contributed by atoms with Crippen LogP contribution in [0.5, 0.6) is 0 Å². The number of nitrogens with one attached hydrogen (secondary N) is 1. The van der Waals surface area contributed by atoms with Crippen molar-refractivity contribution in [3.8, 4) is 0 Å². The molecule has 0 bridgehead atoms. The second-order valence-electron chi connectivity index (χ2n) is 1.47. The summed E-state index contributed by atoms with van der Waals surface area (Å²) >= 11 is 0. The summed E-state index contributed by atoms with van der Waals surface area (Å²) in [6.07, 6.45) is 0. The quantitative estimate of drug-likeness (QED) is 0.335. The lowest BCUT2D eigenvalue weighted by atomic mass is 10.2. The van der Waals surface area contributed by atoms with Gasteiger partial charge in [-0.05, 0) is 12.1 Å². The molecule has 0 heterocycles. The topological polar surface area (TPSA) is 55.1 Å². The zero-order valence-corrected chi connectivity index (χ0v) is 4.99. The van der Waals surface area contributed by atoms with Crippen molar-refractivity contribution in [2.75, 3.05) is 0 Å². The molecule has 0 atom stereocenters. The fourth-order valence-electron chi connectivity index (χ4n) is 0.436. The number of hydrogen-bond acceptors (Lipinski definition) is 2. The van der Waals surface area contributed by atoms with E-state index in [1.54, 1.807) is 5.43 Å². The van der Waals surface area contributed by atoms with E-state index in [0.29, 0.717) is 0 Å². The van der Waals surface area contributed by atoms with Gasteiger partial charge in [-0.15, -0.1) is 0 Å². The fourth-order valence-corrected chi connectivity index (χ4v) is 0.436. The Labute approximate surface area is 65.8 Å². The third kappa shape index (κ3) is 1.33. The van der Waals surface area contributed by atoms with Gasteiger partial charge in [-0.1, -0.05) is 18.1 Å². The van der Waals surface area contributed by atoms with Gasteiger partial charge in [0.05, 0.1) is 6.85 Å². The first-order valence-corrected chi connectivity index (χ1v) is 2.49. The van der Waals surface area contributed by atoms with Gasteiger partial charge in [0.15, 0.2) is 0 Å². The van der Waals surface area contributed by atoms with Gasteiger partial charge in [-0.3, -0.25) is 10.2 Å². The highest BCUT2D eigenvalue weighted by Gasteiger charge is 1.98. The van der Waals surface area contributed by atoms with E-state index in [-0.39, 0.29) is 0 Å². The highest BCUT2D eigenvalue weighted by atomic mass is 16.2. The predicted octanol–water partition coefficient (Wildman–Crippen LogP) is 0.290. The molecule has 0 fully saturated rings. The molecule has 0 spiro atoms. The van der Waals surface area contributed by atoms with Gasteiger partial charge in [0.2, 0.25) is 0 Å². The number of nitrogens with two attached hydrogens (primary N) is 1. The summed E-state index contributed by atoms with van der Waals surface area (Å²) in [5.41, 5.74) is 1.27. The van der Waals surface area contributed by atoms with Gasteiger partial charge in [-0.25, -0.2) is 5.84 Å². The Balaban J connectivity index is 3.60. The number of carbonyl (C=O) groups is 1. The highest BCUT2D eigenvalue weighted by molar-refractivity contribution is 5.93. The average molecular weight is 141 g/mol. The van der Waals surface area contributed by atoms with E-state index >= 15 is 0 Å². The van der Waals surface area contributed by atoms with Crippen molar-refractivity contribution in [2.45, 2.75) is 0 Å². The summed E-state index contributed by atoms with van der Waals surface area (Å²) in [5, 5.41) is 0. The van der Waals surface area contributed by atoms with E-state index in [1.807, 2.05) is 0 Å². The minimum Gasteiger partial charge on any atom is -0.290 e. The maximum Gasteiger partial charge on any atom is 0.265 e. The van der Waals surface area contributed by atoms with Crippen LogP contribution in [0.15, 0.2) is 30.2 Å². The molecule has 0 saturated carbocycles. The normalized spacial score (nSPS) is 15.9. The summed E-state index contributed by atoms with van der Waals surface area (Å²) in [6.45, 7) is 0. The first-order valence-electron chi connectivity index (χ1n) is 4.99. The molecule has 0 unspecified atom stereocenters. The van der Waals surface area contributed by atoms with E-state index in [9.17, 15) is 4.79 Å². The molecule has 0 saturated heterocycles. The van der Waals surface area contributed by atoms with Crippen LogP contribution in [0.4, 0.5) is 0 Å². The van der Waals surface area contributed by atoms with Crippen LogP contribution in [-0.4, -0.2) is 5.91 Å². The number of nitrogen functional groups attached to an aromatic ring is 1. The van der Waals surface area contributed by atoms with Crippen molar-refractivity contribution in [1.29, 1.82) is 0 Å². The van der Waals surface area contributed by atoms with Crippen LogP contribution in [-0.2, 0) is 0 Å². The van der Waals surface area contributed by atoms with Crippen LogP contribution >= 0.6 is 0 Å². The Kier molecular flexibility index (Phi) is 0.810. The van der Waals surface area contributed by atoms with Crippen LogP contribution in [0.25, 0.3) is 0 Å². The summed E-state index contributed by atoms with van der Waals surface area (Å²) in [5.74, 6) is 3.93. The highest BCUT2D eigenvalue weighted by Crippen LogP contribution is 1.95. The molecule has 1 rings (SSSR count). The third-order valence-electron chi connectivity index (χ3n) is 0.858. The van der Waals surface area contributed by atoms with Gasteiger partial charge >= 0.3 is 0 Å². The Hall–Kier alpha value is -1.35. The second kappa shape index (κ2) is 2.98. The lowest BCUT2D eigenvalue weighted by Gasteiger charge is -1.95. The van der Waals surface area contributed by atoms with Crippen LogP contribution in [0, 0.1) is 0 Å². The number of hydrazine groups is 1. The SMILES string of the molecule is [2H]c1c([2H])c([2H])c(C(=O)NN)c([2H])c1[2H].